The van der Waals surface area contributed by atoms with Crippen molar-refractivity contribution in [1.82, 2.24) is 20.0 Å². The fourth-order valence-electron chi connectivity index (χ4n) is 2.76. The summed E-state index contributed by atoms with van der Waals surface area (Å²) in [5.41, 5.74) is 1.85. The Hall–Kier alpha value is -2.41. The molecular weight excluding hydrogens is 311 g/mol. The lowest BCUT2D eigenvalue weighted by Gasteiger charge is -2.16. The summed E-state index contributed by atoms with van der Waals surface area (Å²) in [7, 11) is 0. The van der Waals surface area contributed by atoms with Gasteiger partial charge in [-0.25, -0.2) is 13.9 Å². The lowest BCUT2D eigenvalue weighted by atomic mass is 10.2. The zero-order valence-electron chi connectivity index (χ0n) is 13.6. The largest absolute Gasteiger partial charge is 0.450 e. The van der Waals surface area contributed by atoms with Crippen molar-refractivity contribution in [2.24, 2.45) is 0 Å². The summed E-state index contributed by atoms with van der Waals surface area (Å²) in [6.45, 7) is 4.25. The Labute approximate surface area is 140 Å². The first-order chi connectivity index (χ1) is 11.7. The number of benzene rings is 1. The van der Waals surface area contributed by atoms with Crippen molar-refractivity contribution in [3.8, 4) is 5.69 Å². The van der Waals surface area contributed by atoms with Crippen LogP contribution in [0.4, 0.5) is 9.18 Å². The second-order valence-corrected chi connectivity index (χ2v) is 5.78. The Morgan fingerprint density at radius 1 is 1.42 bits per heavy atom. The number of amides is 1. The summed E-state index contributed by atoms with van der Waals surface area (Å²) >= 11 is 0. The van der Waals surface area contributed by atoms with E-state index in [4.69, 9.17) is 4.74 Å². The van der Waals surface area contributed by atoms with Gasteiger partial charge in [0.25, 0.3) is 0 Å². The molecule has 0 saturated carbocycles. The number of aromatic nitrogens is 2. The molecule has 0 aliphatic carbocycles. The SMILES string of the molecule is CCOC(=O)N1CC[C@@H](NCc2cnn(-c3ccc(F)cc3)c2)C1. The van der Waals surface area contributed by atoms with Crippen molar-refractivity contribution in [1.29, 1.82) is 0 Å². The molecule has 1 aliphatic rings. The van der Waals surface area contributed by atoms with Crippen LogP contribution in [0.15, 0.2) is 36.7 Å². The predicted molar refractivity (Wildman–Crippen MR) is 87.4 cm³/mol. The maximum atomic E-state index is 13.0. The van der Waals surface area contributed by atoms with E-state index in [9.17, 15) is 9.18 Å². The Balaban J connectivity index is 1.51. The smallest absolute Gasteiger partial charge is 0.409 e. The fraction of sp³-hybridized carbons (Fsp3) is 0.412. The molecule has 0 spiro atoms. The molecule has 1 saturated heterocycles. The van der Waals surface area contributed by atoms with Crippen molar-refractivity contribution in [2.75, 3.05) is 19.7 Å². The second kappa shape index (κ2) is 7.44. The van der Waals surface area contributed by atoms with Gasteiger partial charge in [0.15, 0.2) is 0 Å². The quantitative estimate of drug-likeness (QED) is 0.913. The van der Waals surface area contributed by atoms with Crippen molar-refractivity contribution in [3.63, 3.8) is 0 Å². The van der Waals surface area contributed by atoms with Crippen LogP contribution in [0.3, 0.4) is 0 Å². The van der Waals surface area contributed by atoms with Gasteiger partial charge in [0.05, 0.1) is 18.5 Å². The summed E-state index contributed by atoms with van der Waals surface area (Å²) in [6.07, 6.45) is 4.36. The number of likely N-dealkylation sites (tertiary alicyclic amines) is 1. The van der Waals surface area contributed by atoms with Gasteiger partial charge in [-0.3, -0.25) is 0 Å². The molecule has 1 fully saturated rings. The number of rotatable bonds is 5. The van der Waals surface area contributed by atoms with Crippen molar-refractivity contribution >= 4 is 6.09 Å². The Kier molecular flexibility index (Phi) is 5.10. The zero-order chi connectivity index (χ0) is 16.9. The molecule has 1 aromatic heterocycles. The van der Waals surface area contributed by atoms with E-state index in [1.165, 1.54) is 12.1 Å². The van der Waals surface area contributed by atoms with Gasteiger partial charge in [-0.15, -0.1) is 0 Å². The lowest BCUT2D eigenvalue weighted by molar-refractivity contribution is 0.115. The van der Waals surface area contributed by atoms with E-state index in [0.717, 1.165) is 17.7 Å². The van der Waals surface area contributed by atoms with Gasteiger partial charge in [-0.2, -0.15) is 5.10 Å². The first-order valence-corrected chi connectivity index (χ1v) is 8.10. The minimum absolute atomic E-state index is 0.245. The molecule has 1 N–H and O–H groups in total. The van der Waals surface area contributed by atoms with Crippen LogP contribution in [0, 0.1) is 5.82 Å². The van der Waals surface area contributed by atoms with Gasteiger partial charge in [0.2, 0.25) is 0 Å². The van der Waals surface area contributed by atoms with Crippen LogP contribution in [0.25, 0.3) is 5.69 Å². The van der Waals surface area contributed by atoms with Gasteiger partial charge < -0.3 is 15.0 Å². The molecule has 6 nitrogen and oxygen atoms in total. The Bertz CT molecular complexity index is 686. The van der Waals surface area contributed by atoms with Crippen LogP contribution >= 0.6 is 0 Å². The predicted octanol–water partition coefficient (Wildman–Crippen LogP) is 2.33. The van der Waals surface area contributed by atoms with E-state index in [-0.39, 0.29) is 18.0 Å². The van der Waals surface area contributed by atoms with E-state index in [0.29, 0.717) is 26.2 Å². The number of ether oxygens (including phenoxy) is 1. The highest BCUT2D eigenvalue weighted by Gasteiger charge is 2.26. The van der Waals surface area contributed by atoms with Crippen molar-refractivity contribution < 1.29 is 13.9 Å². The van der Waals surface area contributed by atoms with Gasteiger partial charge in [0, 0.05) is 37.4 Å². The van der Waals surface area contributed by atoms with Crippen molar-refractivity contribution in [3.05, 3.63) is 48.0 Å². The highest BCUT2D eigenvalue weighted by Crippen LogP contribution is 2.13. The molecule has 1 aliphatic heterocycles. The van der Waals surface area contributed by atoms with E-state index < -0.39 is 0 Å². The molecule has 1 aromatic carbocycles. The van der Waals surface area contributed by atoms with E-state index >= 15 is 0 Å². The maximum Gasteiger partial charge on any atom is 0.409 e. The van der Waals surface area contributed by atoms with Gasteiger partial charge in [-0.05, 0) is 37.6 Å². The summed E-state index contributed by atoms with van der Waals surface area (Å²) in [5.74, 6) is -0.264. The topological polar surface area (TPSA) is 59.4 Å². The third kappa shape index (κ3) is 3.91. The number of nitrogens with one attached hydrogen (secondary N) is 1. The molecule has 24 heavy (non-hydrogen) atoms. The molecule has 128 valence electrons. The van der Waals surface area contributed by atoms with Gasteiger partial charge in [-0.1, -0.05) is 0 Å². The van der Waals surface area contributed by atoms with Crippen LogP contribution in [-0.4, -0.2) is 46.5 Å². The highest BCUT2D eigenvalue weighted by molar-refractivity contribution is 5.68. The molecule has 0 unspecified atom stereocenters. The summed E-state index contributed by atoms with van der Waals surface area (Å²) in [4.78, 5) is 13.4. The minimum Gasteiger partial charge on any atom is -0.450 e. The molecule has 1 amide bonds. The van der Waals surface area contributed by atoms with Crippen LogP contribution in [0.5, 0.6) is 0 Å². The average Bonchev–Trinajstić information content (AvgIpc) is 3.23. The summed E-state index contributed by atoms with van der Waals surface area (Å²) in [5, 5.41) is 7.73. The zero-order valence-corrected chi connectivity index (χ0v) is 13.6. The first kappa shape index (κ1) is 16.4. The Morgan fingerprint density at radius 2 is 2.21 bits per heavy atom. The number of carbonyl (C=O) groups is 1. The fourth-order valence-corrected chi connectivity index (χ4v) is 2.76. The molecule has 3 rings (SSSR count). The number of halogens is 1. The van der Waals surface area contributed by atoms with Crippen LogP contribution in [0.1, 0.15) is 18.9 Å². The number of hydrogen-bond donors (Lipinski definition) is 1. The summed E-state index contributed by atoms with van der Waals surface area (Å²) in [6, 6.07) is 6.46. The molecule has 2 heterocycles. The van der Waals surface area contributed by atoms with E-state index in [2.05, 4.69) is 10.4 Å². The Morgan fingerprint density at radius 3 is 2.96 bits per heavy atom. The van der Waals surface area contributed by atoms with Crippen LogP contribution in [0.2, 0.25) is 0 Å². The standard InChI is InChI=1S/C17H21FN4O2/c1-2-24-17(23)21-8-7-15(12-21)19-9-13-10-20-22(11-13)16-5-3-14(18)4-6-16/h3-6,10-11,15,19H,2,7-9,12H2,1H3/t15-/m1/s1. The van der Waals surface area contributed by atoms with Crippen LogP contribution < -0.4 is 5.32 Å². The van der Waals surface area contributed by atoms with Crippen LogP contribution in [-0.2, 0) is 11.3 Å². The van der Waals surface area contributed by atoms with Gasteiger partial charge in [0.1, 0.15) is 5.82 Å². The van der Waals surface area contributed by atoms with Gasteiger partial charge >= 0.3 is 6.09 Å². The first-order valence-electron chi connectivity index (χ1n) is 8.10. The molecular formula is C17H21FN4O2. The molecule has 0 bridgehead atoms. The second-order valence-electron chi connectivity index (χ2n) is 5.78. The monoisotopic (exact) mass is 332 g/mol. The number of hydrogen-bond acceptors (Lipinski definition) is 4. The number of carbonyl (C=O) groups excluding carboxylic acids is 1. The molecule has 0 radical (unpaired) electrons. The lowest BCUT2D eigenvalue weighted by Crippen LogP contribution is -2.35. The molecule has 7 heteroatoms. The average molecular weight is 332 g/mol. The van der Waals surface area contributed by atoms with E-state index in [1.54, 1.807) is 27.9 Å². The number of nitrogens with zero attached hydrogens (tertiary/aromatic N) is 3. The van der Waals surface area contributed by atoms with E-state index in [1.807, 2.05) is 13.1 Å². The third-order valence-electron chi connectivity index (χ3n) is 4.04. The highest BCUT2D eigenvalue weighted by atomic mass is 19.1. The third-order valence-corrected chi connectivity index (χ3v) is 4.04. The minimum atomic E-state index is -0.264. The molecule has 2 aromatic rings. The maximum absolute atomic E-state index is 13.0. The summed E-state index contributed by atoms with van der Waals surface area (Å²) < 4.78 is 19.7. The normalized spacial score (nSPS) is 17.2. The van der Waals surface area contributed by atoms with Crippen molar-refractivity contribution in [2.45, 2.75) is 25.9 Å². The molecule has 1 atom stereocenters.